The Morgan fingerprint density at radius 3 is 2.47 bits per heavy atom. The molecule has 0 atom stereocenters. The van der Waals surface area contributed by atoms with Crippen molar-refractivity contribution in [2.75, 3.05) is 32.0 Å². The molecule has 7 nitrogen and oxygen atoms in total. The highest BCUT2D eigenvalue weighted by Gasteiger charge is 2.06. The molecule has 0 aliphatic rings. The first-order valence-electron chi connectivity index (χ1n) is 10.3. The van der Waals surface area contributed by atoms with Gasteiger partial charge in [-0.05, 0) is 55.2 Å². The zero-order valence-electron chi connectivity index (χ0n) is 17.9. The number of hydrogen-bond donors (Lipinski definition) is 4. The minimum Gasteiger partial charge on any atom is -0.357 e. The van der Waals surface area contributed by atoms with Crippen LogP contribution in [0.4, 0.5) is 5.69 Å². The number of hydrogen-bond acceptors (Lipinski definition) is 3. The van der Waals surface area contributed by atoms with E-state index in [0.717, 1.165) is 24.1 Å². The van der Waals surface area contributed by atoms with Gasteiger partial charge >= 0.3 is 0 Å². The number of anilines is 1. The van der Waals surface area contributed by atoms with E-state index in [4.69, 9.17) is 0 Å². The lowest BCUT2D eigenvalue weighted by molar-refractivity contribution is -0.114. The highest BCUT2D eigenvalue weighted by atomic mass is 16.2. The summed E-state index contributed by atoms with van der Waals surface area (Å²) in [7, 11) is 1.62. The van der Waals surface area contributed by atoms with Gasteiger partial charge < -0.3 is 21.3 Å². The molecule has 0 aromatic heterocycles. The number of benzene rings is 2. The van der Waals surface area contributed by atoms with Gasteiger partial charge in [0.25, 0.3) is 5.91 Å². The Labute approximate surface area is 178 Å². The lowest BCUT2D eigenvalue weighted by Gasteiger charge is -2.12. The van der Waals surface area contributed by atoms with E-state index in [-0.39, 0.29) is 18.4 Å². The van der Waals surface area contributed by atoms with Crippen LogP contribution in [0.2, 0.25) is 0 Å². The van der Waals surface area contributed by atoms with Gasteiger partial charge in [0.1, 0.15) is 6.54 Å². The number of rotatable bonds is 9. The molecule has 0 unspecified atom stereocenters. The Morgan fingerprint density at radius 2 is 1.73 bits per heavy atom. The van der Waals surface area contributed by atoms with Gasteiger partial charge in [-0.1, -0.05) is 31.2 Å². The predicted molar refractivity (Wildman–Crippen MR) is 122 cm³/mol. The highest BCUT2D eigenvalue weighted by molar-refractivity contribution is 5.94. The van der Waals surface area contributed by atoms with Crippen molar-refractivity contribution in [3.8, 4) is 0 Å². The minimum atomic E-state index is -0.168. The van der Waals surface area contributed by atoms with E-state index in [1.807, 2.05) is 49.4 Å². The molecule has 4 N–H and O–H groups in total. The number of nitrogens with one attached hydrogen (secondary N) is 4. The third-order valence-electron chi connectivity index (χ3n) is 4.47. The van der Waals surface area contributed by atoms with Gasteiger partial charge in [-0.25, -0.2) is 4.99 Å². The third kappa shape index (κ3) is 7.58. The average molecular weight is 410 g/mol. The normalized spacial score (nSPS) is 11.0. The topological polar surface area (TPSA) is 94.6 Å². The van der Waals surface area contributed by atoms with E-state index in [2.05, 4.69) is 33.2 Å². The maximum absolute atomic E-state index is 12.2. The van der Waals surface area contributed by atoms with Crippen molar-refractivity contribution in [2.45, 2.75) is 26.7 Å². The maximum atomic E-state index is 12.2. The van der Waals surface area contributed by atoms with Gasteiger partial charge in [-0.2, -0.15) is 0 Å². The first-order chi connectivity index (χ1) is 14.5. The second kappa shape index (κ2) is 12.3. The third-order valence-corrected chi connectivity index (χ3v) is 4.47. The molecule has 0 saturated carbocycles. The van der Waals surface area contributed by atoms with Crippen molar-refractivity contribution in [3.63, 3.8) is 0 Å². The maximum Gasteiger partial charge on any atom is 0.251 e. The van der Waals surface area contributed by atoms with E-state index in [1.165, 1.54) is 5.56 Å². The molecule has 0 radical (unpaired) electrons. The van der Waals surface area contributed by atoms with Crippen molar-refractivity contribution in [3.05, 3.63) is 65.2 Å². The Kier molecular flexibility index (Phi) is 9.37. The van der Waals surface area contributed by atoms with Crippen LogP contribution in [-0.4, -0.2) is 44.5 Å². The molecule has 2 rings (SSSR count). The van der Waals surface area contributed by atoms with Gasteiger partial charge in [0.05, 0.1) is 0 Å². The summed E-state index contributed by atoms with van der Waals surface area (Å²) in [6.07, 6.45) is 1.65. The van der Waals surface area contributed by atoms with Crippen LogP contribution in [0.25, 0.3) is 0 Å². The van der Waals surface area contributed by atoms with Crippen molar-refractivity contribution < 1.29 is 9.59 Å². The van der Waals surface area contributed by atoms with Gasteiger partial charge in [0, 0.05) is 31.4 Å². The number of nitrogens with zero attached hydrogens (tertiary/aromatic N) is 1. The Bertz CT molecular complexity index is 879. The molecule has 0 spiro atoms. The van der Waals surface area contributed by atoms with E-state index in [9.17, 15) is 9.59 Å². The summed E-state index contributed by atoms with van der Waals surface area (Å²) in [5.41, 5.74) is 3.64. The number of guanidine groups is 1. The zero-order valence-corrected chi connectivity index (χ0v) is 17.9. The molecular formula is C23H31N5O2. The minimum absolute atomic E-state index is 0.0256. The number of aliphatic imine (C=N–C) groups is 1. The number of aryl methyl sites for hydroxylation is 1. The van der Waals surface area contributed by atoms with E-state index < -0.39 is 0 Å². The quantitative estimate of drug-likeness (QED) is 0.378. The summed E-state index contributed by atoms with van der Waals surface area (Å²) in [5, 5.41) is 11.9. The fraction of sp³-hybridized carbons (Fsp3) is 0.348. The first-order valence-corrected chi connectivity index (χ1v) is 10.3. The summed E-state index contributed by atoms with van der Waals surface area (Å²) in [5.74, 6) is 0.311. The average Bonchev–Trinajstić information content (AvgIpc) is 2.77. The molecule has 0 bridgehead atoms. The molecule has 0 aliphatic carbocycles. The number of carbonyl (C=O) groups is 2. The van der Waals surface area contributed by atoms with Gasteiger partial charge in [0.15, 0.2) is 5.96 Å². The standard InChI is InChI=1S/C23H31N5O2/c1-4-17-8-7-11-20(15-17)28-21(29)16-27-23(25-5-2)26-13-12-18-9-6-10-19(14-18)22(30)24-3/h6-11,14-15H,4-5,12-13,16H2,1-3H3,(H,24,30)(H,28,29)(H2,25,26,27). The van der Waals surface area contributed by atoms with Crippen LogP contribution >= 0.6 is 0 Å². The van der Waals surface area contributed by atoms with Crippen LogP contribution in [0, 0.1) is 0 Å². The van der Waals surface area contributed by atoms with Crippen LogP contribution in [0.1, 0.15) is 35.3 Å². The number of carbonyl (C=O) groups excluding carboxylic acids is 2. The molecular weight excluding hydrogens is 378 g/mol. The smallest absolute Gasteiger partial charge is 0.251 e. The second-order valence-electron chi connectivity index (χ2n) is 6.75. The molecule has 0 saturated heterocycles. The highest BCUT2D eigenvalue weighted by Crippen LogP contribution is 2.11. The molecule has 30 heavy (non-hydrogen) atoms. The Balaban J connectivity index is 1.88. The molecule has 0 fully saturated rings. The van der Waals surface area contributed by atoms with E-state index in [1.54, 1.807) is 13.1 Å². The van der Waals surface area contributed by atoms with E-state index >= 15 is 0 Å². The molecule has 0 heterocycles. The molecule has 2 aromatic carbocycles. The van der Waals surface area contributed by atoms with Gasteiger partial charge in [0.2, 0.25) is 5.91 Å². The zero-order chi connectivity index (χ0) is 21.8. The van der Waals surface area contributed by atoms with Crippen molar-refractivity contribution in [1.29, 1.82) is 0 Å². The summed E-state index contributed by atoms with van der Waals surface area (Å²) < 4.78 is 0. The largest absolute Gasteiger partial charge is 0.357 e. The fourth-order valence-electron chi connectivity index (χ4n) is 2.90. The summed E-state index contributed by atoms with van der Waals surface area (Å²) >= 11 is 0. The van der Waals surface area contributed by atoms with Crippen LogP contribution in [0.15, 0.2) is 53.5 Å². The summed E-state index contributed by atoms with van der Waals surface area (Å²) in [6, 6.07) is 15.3. The molecule has 0 aliphatic heterocycles. The van der Waals surface area contributed by atoms with Crippen LogP contribution in [0.5, 0.6) is 0 Å². The van der Waals surface area contributed by atoms with Crippen LogP contribution in [-0.2, 0) is 17.6 Å². The number of amides is 2. The molecule has 160 valence electrons. The fourth-order valence-corrected chi connectivity index (χ4v) is 2.90. The lowest BCUT2D eigenvalue weighted by atomic mass is 10.1. The van der Waals surface area contributed by atoms with Crippen molar-refractivity contribution >= 4 is 23.5 Å². The van der Waals surface area contributed by atoms with E-state index in [0.29, 0.717) is 24.6 Å². The summed E-state index contributed by atoms with van der Waals surface area (Å²) in [4.78, 5) is 28.3. The molecule has 2 amide bonds. The van der Waals surface area contributed by atoms with Crippen molar-refractivity contribution in [1.82, 2.24) is 16.0 Å². The molecule has 2 aromatic rings. The van der Waals surface area contributed by atoms with Crippen molar-refractivity contribution in [2.24, 2.45) is 4.99 Å². The van der Waals surface area contributed by atoms with Gasteiger partial charge in [-0.3, -0.25) is 9.59 Å². The van der Waals surface area contributed by atoms with Gasteiger partial charge in [-0.15, -0.1) is 0 Å². The Hall–Kier alpha value is -3.35. The second-order valence-corrected chi connectivity index (χ2v) is 6.75. The van der Waals surface area contributed by atoms with Crippen LogP contribution in [0.3, 0.4) is 0 Å². The summed E-state index contributed by atoms with van der Waals surface area (Å²) in [6.45, 7) is 5.40. The SMILES string of the molecule is CCNC(=NCC(=O)Nc1cccc(CC)c1)NCCc1cccc(C(=O)NC)c1. The first kappa shape index (κ1) is 22.9. The molecule has 7 heteroatoms. The predicted octanol–water partition coefficient (Wildman–Crippen LogP) is 2.34. The monoisotopic (exact) mass is 409 g/mol. The Morgan fingerprint density at radius 1 is 0.967 bits per heavy atom. The lowest BCUT2D eigenvalue weighted by Crippen LogP contribution is -2.39. The van der Waals surface area contributed by atoms with Crippen LogP contribution < -0.4 is 21.3 Å².